The lowest BCUT2D eigenvalue weighted by atomic mass is 10.0. The van der Waals surface area contributed by atoms with E-state index in [0.29, 0.717) is 5.92 Å². The van der Waals surface area contributed by atoms with Gasteiger partial charge in [0.15, 0.2) is 0 Å². The van der Waals surface area contributed by atoms with Crippen LogP contribution in [0.15, 0.2) is 41.3 Å². The molecule has 1 aliphatic rings. The van der Waals surface area contributed by atoms with Gasteiger partial charge < -0.3 is 5.32 Å². The fourth-order valence-corrected chi connectivity index (χ4v) is 4.51. The highest BCUT2D eigenvalue weighted by atomic mass is 32.2. The van der Waals surface area contributed by atoms with E-state index in [4.69, 9.17) is 5.84 Å². The van der Waals surface area contributed by atoms with E-state index in [1.54, 1.807) is 13.3 Å². The smallest absolute Gasteiger partial charge is 0.306 e. The van der Waals surface area contributed by atoms with Crippen molar-refractivity contribution in [1.82, 2.24) is 5.01 Å². The van der Waals surface area contributed by atoms with Crippen molar-refractivity contribution in [2.75, 3.05) is 18.6 Å². The van der Waals surface area contributed by atoms with E-state index < -0.39 is 0 Å². The zero-order chi connectivity index (χ0) is 21.4. The number of hydrazine groups is 1. The minimum Gasteiger partial charge on any atom is -0.306 e. The van der Waals surface area contributed by atoms with Crippen LogP contribution in [-0.4, -0.2) is 24.3 Å². The highest BCUT2D eigenvalue weighted by Crippen LogP contribution is 2.45. The first kappa shape index (κ1) is 23.6. The van der Waals surface area contributed by atoms with Crippen LogP contribution in [0.2, 0.25) is 0 Å². The highest BCUT2D eigenvalue weighted by molar-refractivity contribution is 7.98. The van der Waals surface area contributed by atoms with E-state index >= 15 is 0 Å². The summed E-state index contributed by atoms with van der Waals surface area (Å²) in [6.07, 6.45) is 6.23. The van der Waals surface area contributed by atoms with Gasteiger partial charge in [0.25, 0.3) is 0 Å². The summed E-state index contributed by atoms with van der Waals surface area (Å²) in [4.78, 5) is 13.4. The van der Waals surface area contributed by atoms with Crippen molar-refractivity contribution in [2.24, 2.45) is 5.84 Å². The Balaban J connectivity index is 0.00000145. The molecule has 29 heavy (non-hydrogen) atoms. The number of thiol groups is 1. The molecule has 0 aliphatic heterocycles. The predicted octanol–water partition coefficient (Wildman–Crippen LogP) is 5.86. The van der Waals surface area contributed by atoms with Crippen molar-refractivity contribution in [2.45, 2.75) is 56.1 Å². The molecule has 3 rings (SSSR count). The second kappa shape index (κ2) is 11.5. The largest absolute Gasteiger partial charge is 0.335 e. The maximum absolute atomic E-state index is 12.1. The van der Waals surface area contributed by atoms with Crippen LogP contribution < -0.4 is 11.2 Å². The molecule has 0 spiro atoms. The van der Waals surface area contributed by atoms with Crippen molar-refractivity contribution in [3.63, 3.8) is 0 Å². The van der Waals surface area contributed by atoms with Crippen LogP contribution in [0, 0.1) is 0 Å². The van der Waals surface area contributed by atoms with Crippen molar-refractivity contribution in [3.8, 4) is 0 Å². The molecule has 6 heteroatoms. The molecule has 4 nitrogen and oxygen atoms in total. The topological polar surface area (TPSA) is 58.4 Å². The van der Waals surface area contributed by atoms with Crippen LogP contribution in [0.25, 0.3) is 0 Å². The number of hydrogen-bond acceptors (Lipinski definition) is 4. The monoisotopic (exact) mass is 431 g/mol. The van der Waals surface area contributed by atoms with Gasteiger partial charge in [0, 0.05) is 23.4 Å². The van der Waals surface area contributed by atoms with Gasteiger partial charge in [-0.1, -0.05) is 38.1 Å². The number of nitrogens with zero attached hydrogens (tertiary/aromatic N) is 1. The average molecular weight is 432 g/mol. The molecule has 0 atom stereocenters. The molecule has 0 heterocycles. The summed E-state index contributed by atoms with van der Waals surface area (Å²) in [6, 6.07) is 12.7. The first-order valence-electron chi connectivity index (χ1n) is 10.1. The average Bonchev–Trinajstić information content (AvgIpc) is 3.59. The van der Waals surface area contributed by atoms with E-state index in [9.17, 15) is 4.79 Å². The summed E-state index contributed by atoms with van der Waals surface area (Å²) in [5.41, 5.74) is 6.21. The first-order valence-corrected chi connectivity index (χ1v) is 12.0. The highest BCUT2D eigenvalue weighted by Gasteiger charge is 2.27. The Morgan fingerprint density at radius 2 is 1.93 bits per heavy atom. The van der Waals surface area contributed by atoms with Gasteiger partial charge in [0.1, 0.15) is 0 Å². The Labute approximate surface area is 185 Å². The van der Waals surface area contributed by atoms with Gasteiger partial charge in [-0.3, -0.25) is 5.01 Å². The second-order valence-electron chi connectivity index (χ2n) is 7.13. The van der Waals surface area contributed by atoms with Gasteiger partial charge in [-0.05, 0) is 72.2 Å². The van der Waals surface area contributed by atoms with Gasteiger partial charge in [0.05, 0.1) is 0 Å². The predicted molar refractivity (Wildman–Crippen MR) is 129 cm³/mol. The van der Waals surface area contributed by atoms with Crippen LogP contribution in [0.5, 0.6) is 0 Å². The maximum Gasteiger partial charge on any atom is 0.335 e. The molecule has 2 aromatic rings. The third-order valence-electron chi connectivity index (χ3n) is 5.08. The van der Waals surface area contributed by atoms with Crippen molar-refractivity contribution in [1.29, 1.82) is 0 Å². The van der Waals surface area contributed by atoms with E-state index in [-0.39, 0.29) is 6.03 Å². The second-order valence-corrected chi connectivity index (χ2v) is 8.14. The van der Waals surface area contributed by atoms with Gasteiger partial charge >= 0.3 is 6.03 Å². The quantitative estimate of drug-likeness (QED) is 0.169. The number of amides is 2. The zero-order valence-electron chi connectivity index (χ0n) is 17.9. The van der Waals surface area contributed by atoms with Gasteiger partial charge in [0.2, 0.25) is 0 Å². The summed E-state index contributed by atoms with van der Waals surface area (Å²) in [7, 11) is 1.55. The lowest BCUT2D eigenvalue weighted by Gasteiger charge is -2.18. The van der Waals surface area contributed by atoms with Gasteiger partial charge in [-0.15, -0.1) is 11.8 Å². The molecule has 3 N–H and O–H groups in total. The SMILES string of the molecule is CCc1ccc(CC)c(SCc2c(NC(=O)N(C)N)cccc2C2CC2)c1.CS. The molecular weight excluding hydrogens is 398 g/mol. The molecule has 0 saturated heterocycles. The number of urea groups is 1. The Hall–Kier alpha value is -1.63. The van der Waals surface area contributed by atoms with Crippen molar-refractivity contribution in [3.05, 3.63) is 58.7 Å². The molecule has 2 amide bonds. The van der Waals surface area contributed by atoms with Gasteiger partial charge in [-0.25, -0.2) is 10.6 Å². The number of hydrogen-bond donors (Lipinski definition) is 3. The van der Waals surface area contributed by atoms with Gasteiger partial charge in [-0.2, -0.15) is 12.6 Å². The van der Waals surface area contributed by atoms with Crippen molar-refractivity contribution >= 4 is 36.1 Å². The van der Waals surface area contributed by atoms with E-state index in [1.807, 2.05) is 23.9 Å². The molecule has 0 radical (unpaired) electrons. The normalized spacial score (nSPS) is 12.8. The lowest BCUT2D eigenvalue weighted by Crippen LogP contribution is -2.37. The third kappa shape index (κ3) is 6.43. The minimum absolute atomic E-state index is 0.295. The number of benzene rings is 2. The summed E-state index contributed by atoms with van der Waals surface area (Å²) in [6.45, 7) is 4.39. The Morgan fingerprint density at radius 1 is 1.21 bits per heavy atom. The lowest BCUT2D eigenvalue weighted by molar-refractivity contribution is 0.223. The fraction of sp³-hybridized carbons (Fsp3) is 0.435. The number of carbonyl (C=O) groups excluding carboxylic acids is 1. The van der Waals surface area contributed by atoms with E-state index in [1.165, 1.54) is 40.0 Å². The van der Waals surface area contributed by atoms with Crippen LogP contribution in [0.4, 0.5) is 10.5 Å². The number of carbonyl (C=O) groups is 1. The Bertz CT molecular complexity index is 820. The number of anilines is 1. The third-order valence-corrected chi connectivity index (χ3v) is 6.21. The number of nitrogens with two attached hydrogens (primary N) is 1. The molecule has 0 aromatic heterocycles. The van der Waals surface area contributed by atoms with Crippen molar-refractivity contribution < 1.29 is 4.79 Å². The van der Waals surface area contributed by atoms with Crippen LogP contribution in [0.1, 0.15) is 54.9 Å². The number of nitrogens with one attached hydrogen (secondary N) is 1. The standard InChI is InChI=1S/C22H29N3OS.CH4S/c1-4-15-9-10-16(5-2)21(13-15)27-14-19-18(17-11-12-17)7-6-8-20(19)24-22(26)25(3)23;1-2/h6-10,13,17H,4-5,11-12,14,23H2,1-3H3,(H,24,26);2H,1H3. The van der Waals surface area contributed by atoms with Crippen LogP contribution >= 0.6 is 24.4 Å². The number of aryl methyl sites for hydroxylation is 2. The molecule has 1 saturated carbocycles. The zero-order valence-corrected chi connectivity index (χ0v) is 19.6. The summed E-state index contributed by atoms with van der Waals surface area (Å²) in [5.74, 6) is 7.06. The van der Waals surface area contributed by atoms with E-state index in [0.717, 1.165) is 29.3 Å². The summed E-state index contributed by atoms with van der Waals surface area (Å²) < 4.78 is 0. The molecule has 1 aliphatic carbocycles. The van der Waals surface area contributed by atoms with Crippen LogP contribution in [-0.2, 0) is 18.6 Å². The first-order chi connectivity index (χ1) is 14.0. The molecule has 2 aromatic carbocycles. The minimum atomic E-state index is -0.295. The summed E-state index contributed by atoms with van der Waals surface area (Å²) >= 11 is 5.39. The Morgan fingerprint density at radius 3 is 2.52 bits per heavy atom. The van der Waals surface area contributed by atoms with Crippen LogP contribution in [0.3, 0.4) is 0 Å². The number of rotatable bonds is 7. The maximum atomic E-state index is 12.1. The molecule has 0 bridgehead atoms. The molecule has 158 valence electrons. The molecular formula is C23H33N3OS2. The Kier molecular flexibility index (Phi) is 9.40. The number of thioether (sulfide) groups is 1. The molecule has 1 fully saturated rings. The fourth-order valence-electron chi connectivity index (χ4n) is 3.26. The summed E-state index contributed by atoms with van der Waals surface area (Å²) in [5, 5.41) is 4.05. The van der Waals surface area contributed by atoms with E-state index in [2.05, 4.69) is 56.1 Å². The molecule has 0 unspecified atom stereocenters.